The van der Waals surface area contributed by atoms with Gasteiger partial charge in [0.2, 0.25) is 0 Å². The molecule has 0 aromatic heterocycles. The second kappa shape index (κ2) is 10.3. The molecule has 0 saturated heterocycles. The molecule has 2 aromatic carbocycles. The fraction of sp³-hybridized carbons (Fsp3) is 0.0952. The molecule has 0 fully saturated rings. The van der Waals surface area contributed by atoms with Crippen LogP contribution in [-0.4, -0.2) is 18.5 Å². The zero-order chi connectivity index (χ0) is 20.5. The molecule has 0 bridgehead atoms. The number of ether oxygens (including phenoxy) is 2. The van der Waals surface area contributed by atoms with Crippen molar-refractivity contribution in [2.45, 2.75) is 6.92 Å². The Labute approximate surface area is 172 Å². The first kappa shape index (κ1) is 21.2. The van der Waals surface area contributed by atoms with Crippen molar-refractivity contribution in [3.8, 4) is 11.8 Å². The van der Waals surface area contributed by atoms with E-state index in [1.54, 1.807) is 55.5 Å². The Bertz CT molecular complexity index is 990. The average Bonchev–Trinajstić information content (AvgIpc) is 2.67. The smallest absolute Gasteiger partial charge is 0.348 e. The van der Waals surface area contributed by atoms with Crippen LogP contribution in [0.15, 0.2) is 54.1 Å². The van der Waals surface area contributed by atoms with Crippen LogP contribution < -0.4 is 4.74 Å². The maximum Gasteiger partial charge on any atom is 0.348 e. The van der Waals surface area contributed by atoms with E-state index >= 15 is 0 Å². The van der Waals surface area contributed by atoms with E-state index in [0.717, 1.165) is 0 Å². The van der Waals surface area contributed by atoms with E-state index in [0.29, 0.717) is 21.2 Å². The Hall–Kier alpha value is -3.07. The molecule has 0 aliphatic heterocycles. The van der Waals surface area contributed by atoms with Gasteiger partial charge in [-0.05, 0) is 54.5 Å². The molecular formula is C21H15Cl2NO4. The quantitative estimate of drug-likeness (QED) is 0.284. The van der Waals surface area contributed by atoms with Gasteiger partial charge in [-0.25, -0.2) is 9.59 Å². The van der Waals surface area contributed by atoms with Crippen molar-refractivity contribution in [1.29, 1.82) is 5.26 Å². The maximum atomic E-state index is 12.0. The number of esters is 2. The summed E-state index contributed by atoms with van der Waals surface area (Å²) < 4.78 is 10.1. The summed E-state index contributed by atoms with van der Waals surface area (Å²) in [4.78, 5) is 23.7. The molecule has 0 aliphatic rings. The lowest BCUT2D eigenvalue weighted by atomic mass is 10.1. The van der Waals surface area contributed by atoms with Crippen molar-refractivity contribution in [3.63, 3.8) is 0 Å². The third kappa shape index (κ3) is 6.27. The number of rotatable bonds is 6. The minimum Gasteiger partial charge on any atom is -0.462 e. The summed E-state index contributed by atoms with van der Waals surface area (Å²) in [5.41, 5.74) is 1.06. The average molecular weight is 416 g/mol. The summed E-state index contributed by atoms with van der Waals surface area (Å²) >= 11 is 11.8. The largest absolute Gasteiger partial charge is 0.462 e. The lowest BCUT2D eigenvalue weighted by molar-refractivity contribution is -0.138. The third-order valence-corrected chi connectivity index (χ3v) is 4.10. The summed E-state index contributed by atoms with van der Waals surface area (Å²) in [6.07, 6.45) is 4.16. The van der Waals surface area contributed by atoms with Crippen molar-refractivity contribution >= 4 is 47.3 Å². The topological polar surface area (TPSA) is 76.4 Å². The molecule has 5 nitrogen and oxygen atoms in total. The molecular weight excluding hydrogens is 401 g/mol. The van der Waals surface area contributed by atoms with Gasteiger partial charge in [-0.15, -0.1) is 0 Å². The number of benzene rings is 2. The normalized spacial score (nSPS) is 11.1. The summed E-state index contributed by atoms with van der Waals surface area (Å²) in [5, 5.41) is 9.89. The fourth-order valence-corrected chi connectivity index (χ4v) is 2.42. The van der Waals surface area contributed by atoms with Gasteiger partial charge in [-0.2, -0.15) is 5.26 Å². The van der Waals surface area contributed by atoms with Crippen molar-refractivity contribution in [3.05, 3.63) is 75.3 Å². The lowest BCUT2D eigenvalue weighted by Crippen LogP contribution is -2.06. The first-order valence-corrected chi connectivity index (χ1v) is 8.92. The second-order valence-electron chi connectivity index (χ2n) is 5.39. The van der Waals surface area contributed by atoms with Gasteiger partial charge in [0.15, 0.2) is 0 Å². The van der Waals surface area contributed by atoms with E-state index in [1.165, 1.54) is 18.2 Å². The van der Waals surface area contributed by atoms with Crippen LogP contribution in [0.25, 0.3) is 12.2 Å². The number of halogens is 2. The van der Waals surface area contributed by atoms with E-state index in [2.05, 4.69) is 0 Å². The van der Waals surface area contributed by atoms with Gasteiger partial charge in [0.05, 0.1) is 16.7 Å². The predicted molar refractivity (Wildman–Crippen MR) is 108 cm³/mol. The van der Waals surface area contributed by atoms with Crippen LogP contribution in [0.3, 0.4) is 0 Å². The first-order valence-electron chi connectivity index (χ1n) is 8.17. The number of hydrogen-bond acceptors (Lipinski definition) is 5. The predicted octanol–water partition coefficient (Wildman–Crippen LogP) is 5.08. The van der Waals surface area contributed by atoms with Crippen molar-refractivity contribution in [2.75, 3.05) is 6.61 Å². The Balaban J connectivity index is 2.10. The number of hydrogen-bond donors (Lipinski definition) is 0. The molecule has 0 aliphatic carbocycles. The maximum absolute atomic E-state index is 12.0. The fourth-order valence-electron chi connectivity index (χ4n) is 2.11. The molecule has 0 unspecified atom stereocenters. The highest BCUT2D eigenvalue weighted by Crippen LogP contribution is 2.23. The van der Waals surface area contributed by atoms with Gasteiger partial charge in [0.25, 0.3) is 0 Å². The Kier molecular flexibility index (Phi) is 7.82. The number of nitrogens with zero attached hydrogens (tertiary/aromatic N) is 1. The second-order valence-corrected chi connectivity index (χ2v) is 6.21. The van der Waals surface area contributed by atoms with Gasteiger partial charge in [-0.3, -0.25) is 0 Å². The highest BCUT2D eigenvalue weighted by Gasteiger charge is 2.10. The molecule has 7 heteroatoms. The molecule has 0 amide bonds. The van der Waals surface area contributed by atoms with E-state index in [4.69, 9.17) is 37.9 Å². The molecule has 142 valence electrons. The zero-order valence-electron chi connectivity index (χ0n) is 14.8. The van der Waals surface area contributed by atoms with Crippen molar-refractivity contribution in [2.24, 2.45) is 0 Å². The van der Waals surface area contributed by atoms with Gasteiger partial charge >= 0.3 is 11.9 Å². The van der Waals surface area contributed by atoms with Crippen LogP contribution in [-0.2, 0) is 14.3 Å². The van der Waals surface area contributed by atoms with E-state index in [1.807, 2.05) is 0 Å². The van der Waals surface area contributed by atoms with Gasteiger partial charge in [-0.1, -0.05) is 41.4 Å². The zero-order valence-corrected chi connectivity index (χ0v) is 16.3. The standard InChI is InChI=1S/C21H15Cl2NO4/c1-2-27-21(26)16(13-24)10-15-4-3-5-17(11-15)28-20(25)9-7-14-6-8-18(22)19(23)12-14/h3-12H,2H2,1H3/b9-7+,16-10+. The number of carbonyl (C=O) groups is 2. The van der Waals surface area contributed by atoms with Gasteiger partial charge in [0.1, 0.15) is 17.4 Å². The SMILES string of the molecule is CCOC(=O)/C(C#N)=C/c1cccc(OC(=O)/C=C/c2ccc(Cl)c(Cl)c2)c1. The van der Waals surface area contributed by atoms with E-state index in [-0.39, 0.29) is 17.9 Å². The molecule has 0 heterocycles. The van der Waals surface area contributed by atoms with Crippen LogP contribution in [0.4, 0.5) is 0 Å². The molecule has 0 spiro atoms. The molecule has 28 heavy (non-hydrogen) atoms. The van der Waals surface area contributed by atoms with Crippen LogP contribution in [0.2, 0.25) is 10.0 Å². The molecule has 2 rings (SSSR count). The van der Waals surface area contributed by atoms with Crippen molar-refractivity contribution in [1.82, 2.24) is 0 Å². The molecule has 0 radical (unpaired) electrons. The van der Waals surface area contributed by atoms with E-state index < -0.39 is 11.9 Å². The summed E-state index contributed by atoms with van der Waals surface area (Å²) in [5.74, 6) is -1.05. The monoisotopic (exact) mass is 415 g/mol. The summed E-state index contributed by atoms with van der Waals surface area (Å²) in [6, 6.07) is 13.2. The first-order chi connectivity index (χ1) is 13.4. The van der Waals surface area contributed by atoms with Gasteiger partial charge in [0, 0.05) is 6.08 Å². The summed E-state index contributed by atoms with van der Waals surface area (Å²) in [6.45, 7) is 1.82. The van der Waals surface area contributed by atoms with Crippen LogP contribution in [0, 0.1) is 11.3 Å². The lowest BCUT2D eigenvalue weighted by Gasteiger charge is -2.04. The number of carbonyl (C=O) groups excluding carboxylic acids is 2. The minimum absolute atomic E-state index is 0.148. The van der Waals surface area contributed by atoms with Crippen LogP contribution in [0.5, 0.6) is 5.75 Å². The van der Waals surface area contributed by atoms with Gasteiger partial charge < -0.3 is 9.47 Å². The Morgan fingerprint density at radius 1 is 1.11 bits per heavy atom. The van der Waals surface area contributed by atoms with Crippen molar-refractivity contribution < 1.29 is 19.1 Å². The molecule has 2 aromatic rings. The minimum atomic E-state index is -0.711. The third-order valence-electron chi connectivity index (χ3n) is 3.36. The highest BCUT2D eigenvalue weighted by atomic mass is 35.5. The number of nitriles is 1. The molecule has 0 saturated carbocycles. The highest BCUT2D eigenvalue weighted by molar-refractivity contribution is 6.42. The molecule has 0 atom stereocenters. The molecule has 0 N–H and O–H groups in total. The Morgan fingerprint density at radius 2 is 1.89 bits per heavy atom. The Morgan fingerprint density at radius 3 is 2.57 bits per heavy atom. The summed E-state index contributed by atoms with van der Waals surface area (Å²) in [7, 11) is 0. The van der Waals surface area contributed by atoms with Crippen LogP contribution >= 0.6 is 23.2 Å². The van der Waals surface area contributed by atoms with Crippen LogP contribution in [0.1, 0.15) is 18.1 Å². The van der Waals surface area contributed by atoms with E-state index in [9.17, 15) is 9.59 Å².